The molecule has 1 N–H and O–H groups in total. The lowest BCUT2D eigenvalue weighted by molar-refractivity contribution is 0.490. The smallest absolute Gasteiger partial charge is 0.225 e. The lowest BCUT2D eigenvalue weighted by Crippen LogP contribution is -2.34. The molecule has 0 aliphatic carbocycles. The van der Waals surface area contributed by atoms with Crippen LogP contribution in [0.15, 0.2) is 6.07 Å². The third-order valence-electron chi connectivity index (χ3n) is 4.06. The van der Waals surface area contributed by atoms with Crippen molar-refractivity contribution in [1.29, 1.82) is 0 Å². The van der Waals surface area contributed by atoms with Crippen molar-refractivity contribution in [2.75, 3.05) is 23.8 Å². The van der Waals surface area contributed by atoms with Crippen LogP contribution in [0.4, 0.5) is 11.8 Å². The molecule has 2 aromatic heterocycles. The van der Waals surface area contributed by atoms with Gasteiger partial charge in [-0.25, -0.2) is 4.98 Å². The third kappa shape index (κ3) is 2.24. The van der Waals surface area contributed by atoms with Crippen LogP contribution in [0.1, 0.15) is 31.6 Å². The molecule has 1 aliphatic heterocycles. The summed E-state index contributed by atoms with van der Waals surface area (Å²) in [5, 5.41) is 4.30. The van der Waals surface area contributed by atoms with Crippen LogP contribution in [-0.4, -0.2) is 29.6 Å². The number of hydrogen-bond acceptors (Lipinski definition) is 5. The van der Waals surface area contributed by atoms with E-state index in [1.165, 1.54) is 23.1 Å². The number of thiophene rings is 1. The van der Waals surface area contributed by atoms with Gasteiger partial charge in [-0.1, -0.05) is 13.8 Å². The zero-order valence-electron chi connectivity index (χ0n) is 12.6. The summed E-state index contributed by atoms with van der Waals surface area (Å²) in [6, 6.07) is 2.82. The van der Waals surface area contributed by atoms with Gasteiger partial charge < -0.3 is 10.2 Å². The average molecular weight is 290 g/mol. The summed E-state index contributed by atoms with van der Waals surface area (Å²) in [7, 11) is 1.88. The highest BCUT2D eigenvalue weighted by Gasteiger charge is 2.30. The number of hydrogen-bond donors (Lipinski definition) is 1. The van der Waals surface area contributed by atoms with Crippen molar-refractivity contribution >= 4 is 33.3 Å². The Morgan fingerprint density at radius 1 is 1.40 bits per heavy atom. The number of aromatic nitrogens is 2. The first-order valence-corrected chi connectivity index (χ1v) is 8.14. The van der Waals surface area contributed by atoms with Gasteiger partial charge in [0.15, 0.2) is 0 Å². The van der Waals surface area contributed by atoms with Crippen molar-refractivity contribution in [3.8, 4) is 0 Å². The van der Waals surface area contributed by atoms with E-state index in [0.717, 1.165) is 23.1 Å². The Hall–Kier alpha value is -1.36. The van der Waals surface area contributed by atoms with Gasteiger partial charge in [0.2, 0.25) is 5.95 Å². The molecule has 0 bridgehead atoms. The Labute approximate surface area is 124 Å². The van der Waals surface area contributed by atoms with Gasteiger partial charge in [-0.2, -0.15) is 4.98 Å². The summed E-state index contributed by atoms with van der Waals surface area (Å²) in [5.74, 6) is 2.49. The van der Waals surface area contributed by atoms with Crippen molar-refractivity contribution in [3.05, 3.63) is 10.9 Å². The van der Waals surface area contributed by atoms with E-state index < -0.39 is 0 Å². The first kappa shape index (κ1) is 13.6. The maximum absolute atomic E-state index is 4.76. The highest BCUT2D eigenvalue weighted by Crippen LogP contribution is 2.36. The number of anilines is 2. The molecule has 2 aromatic rings. The fourth-order valence-electron chi connectivity index (χ4n) is 3.11. The standard InChI is InChI=1S/C15H22N4S/c1-9(2)12-6-5-7-19(12)13-11-8-10(3)20-14(11)18-15(16-4)17-13/h8-9,12H,5-7H2,1-4H3,(H,16,17,18). The van der Waals surface area contributed by atoms with E-state index in [0.29, 0.717) is 12.0 Å². The molecule has 0 aromatic carbocycles. The molecule has 108 valence electrons. The van der Waals surface area contributed by atoms with Gasteiger partial charge in [-0.15, -0.1) is 11.3 Å². The summed E-state index contributed by atoms with van der Waals surface area (Å²) in [5.41, 5.74) is 0. The highest BCUT2D eigenvalue weighted by atomic mass is 32.1. The molecule has 20 heavy (non-hydrogen) atoms. The first-order valence-electron chi connectivity index (χ1n) is 7.32. The molecule has 3 heterocycles. The van der Waals surface area contributed by atoms with Gasteiger partial charge in [0.05, 0.1) is 5.39 Å². The van der Waals surface area contributed by atoms with Crippen molar-refractivity contribution in [3.63, 3.8) is 0 Å². The maximum Gasteiger partial charge on any atom is 0.225 e. The lowest BCUT2D eigenvalue weighted by atomic mass is 10.0. The van der Waals surface area contributed by atoms with Gasteiger partial charge in [0.1, 0.15) is 10.6 Å². The monoisotopic (exact) mass is 290 g/mol. The molecule has 3 rings (SSSR count). The molecular formula is C15H22N4S. The van der Waals surface area contributed by atoms with Crippen LogP contribution in [-0.2, 0) is 0 Å². The van der Waals surface area contributed by atoms with Crippen LogP contribution in [0.3, 0.4) is 0 Å². The minimum Gasteiger partial charge on any atom is -0.357 e. The van der Waals surface area contributed by atoms with Gasteiger partial charge in [0, 0.05) is 24.5 Å². The second-order valence-electron chi connectivity index (χ2n) is 5.84. The van der Waals surface area contributed by atoms with Crippen LogP contribution >= 0.6 is 11.3 Å². The third-order valence-corrected chi connectivity index (χ3v) is 5.00. The molecule has 1 aliphatic rings. The van der Waals surface area contributed by atoms with E-state index in [2.05, 4.69) is 42.0 Å². The van der Waals surface area contributed by atoms with Crippen LogP contribution in [0.5, 0.6) is 0 Å². The fourth-order valence-corrected chi connectivity index (χ4v) is 3.98. The van der Waals surface area contributed by atoms with E-state index in [-0.39, 0.29) is 0 Å². The Morgan fingerprint density at radius 3 is 2.90 bits per heavy atom. The van der Waals surface area contributed by atoms with Gasteiger partial charge >= 0.3 is 0 Å². The van der Waals surface area contributed by atoms with Crippen LogP contribution in [0.2, 0.25) is 0 Å². The molecule has 1 saturated heterocycles. The Kier molecular flexibility index (Phi) is 3.54. The van der Waals surface area contributed by atoms with E-state index in [4.69, 9.17) is 4.98 Å². The molecule has 0 amide bonds. The minimum absolute atomic E-state index is 0.595. The normalized spacial score (nSPS) is 19.2. The molecule has 1 unspecified atom stereocenters. The quantitative estimate of drug-likeness (QED) is 0.936. The molecule has 1 fully saturated rings. The number of rotatable bonds is 3. The van der Waals surface area contributed by atoms with Crippen molar-refractivity contribution in [1.82, 2.24) is 9.97 Å². The second-order valence-corrected chi connectivity index (χ2v) is 7.08. The maximum atomic E-state index is 4.76. The topological polar surface area (TPSA) is 41.1 Å². The minimum atomic E-state index is 0.595. The van der Waals surface area contributed by atoms with Gasteiger partial charge in [-0.05, 0) is 31.7 Å². The van der Waals surface area contributed by atoms with Gasteiger partial charge in [-0.3, -0.25) is 0 Å². The Balaban J connectivity index is 2.13. The molecule has 0 radical (unpaired) electrons. The van der Waals surface area contributed by atoms with E-state index in [1.807, 2.05) is 7.05 Å². The van der Waals surface area contributed by atoms with E-state index in [9.17, 15) is 0 Å². The van der Waals surface area contributed by atoms with E-state index in [1.54, 1.807) is 11.3 Å². The summed E-state index contributed by atoms with van der Waals surface area (Å²) in [6.07, 6.45) is 2.52. The summed E-state index contributed by atoms with van der Waals surface area (Å²) < 4.78 is 0. The van der Waals surface area contributed by atoms with Gasteiger partial charge in [0.25, 0.3) is 0 Å². The Bertz CT molecular complexity index is 620. The second kappa shape index (κ2) is 5.20. The predicted molar refractivity (Wildman–Crippen MR) is 86.9 cm³/mol. The SMILES string of the molecule is CNc1nc(N2CCCC2C(C)C)c2cc(C)sc2n1. The van der Waals surface area contributed by atoms with E-state index >= 15 is 0 Å². The first-order chi connectivity index (χ1) is 9.60. The lowest BCUT2D eigenvalue weighted by Gasteiger charge is -2.29. The van der Waals surface area contributed by atoms with Crippen molar-refractivity contribution in [2.24, 2.45) is 5.92 Å². The van der Waals surface area contributed by atoms with Crippen LogP contribution in [0.25, 0.3) is 10.2 Å². The van der Waals surface area contributed by atoms with Crippen LogP contribution < -0.4 is 10.2 Å². The molecule has 0 spiro atoms. The fraction of sp³-hybridized carbons (Fsp3) is 0.600. The van der Waals surface area contributed by atoms with Crippen LogP contribution in [0, 0.1) is 12.8 Å². The summed E-state index contributed by atoms with van der Waals surface area (Å²) in [4.78, 5) is 14.2. The number of nitrogens with zero attached hydrogens (tertiary/aromatic N) is 3. The molecule has 5 heteroatoms. The Morgan fingerprint density at radius 2 is 2.20 bits per heavy atom. The molecule has 1 atom stereocenters. The van der Waals surface area contributed by atoms with Crippen molar-refractivity contribution in [2.45, 2.75) is 39.7 Å². The molecule has 0 saturated carbocycles. The zero-order chi connectivity index (χ0) is 14.3. The largest absolute Gasteiger partial charge is 0.357 e. The zero-order valence-corrected chi connectivity index (χ0v) is 13.4. The number of fused-ring (bicyclic) bond motifs is 1. The summed E-state index contributed by atoms with van der Waals surface area (Å²) >= 11 is 1.75. The summed E-state index contributed by atoms with van der Waals surface area (Å²) in [6.45, 7) is 7.85. The number of nitrogens with one attached hydrogen (secondary N) is 1. The predicted octanol–water partition coefficient (Wildman–Crippen LogP) is 3.67. The van der Waals surface area contributed by atoms with Crippen molar-refractivity contribution < 1.29 is 0 Å². The number of aryl methyl sites for hydroxylation is 1. The highest BCUT2D eigenvalue weighted by molar-refractivity contribution is 7.18. The molecule has 4 nitrogen and oxygen atoms in total. The molecular weight excluding hydrogens is 268 g/mol. The average Bonchev–Trinajstić information content (AvgIpc) is 3.02.